The third-order valence-electron chi connectivity index (χ3n) is 4.59. The van der Waals surface area contributed by atoms with Gasteiger partial charge in [-0.15, -0.1) is 0 Å². The van der Waals surface area contributed by atoms with Crippen molar-refractivity contribution in [2.45, 2.75) is 25.8 Å². The molecule has 1 N–H and O–H groups in total. The molecular weight excluding hydrogens is 382 g/mol. The van der Waals surface area contributed by atoms with Gasteiger partial charge in [-0.25, -0.2) is 13.8 Å². The molecule has 8 heteroatoms. The number of nitrogens with one attached hydrogen (secondary N) is 1. The monoisotopic (exact) mass is 400 g/mol. The van der Waals surface area contributed by atoms with Crippen LogP contribution >= 0.6 is 0 Å². The molecule has 1 atom stereocenters. The second kappa shape index (κ2) is 7.90. The maximum atomic E-state index is 13.8. The van der Waals surface area contributed by atoms with Crippen LogP contribution in [0.25, 0.3) is 11.3 Å². The van der Waals surface area contributed by atoms with E-state index in [9.17, 15) is 13.6 Å². The molecule has 6 nitrogen and oxygen atoms in total. The predicted molar refractivity (Wildman–Crippen MR) is 99.3 cm³/mol. The lowest BCUT2D eigenvalue weighted by molar-refractivity contribution is -0.121. The molecule has 29 heavy (non-hydrogen) atoms. The van der Waals surface area contributed by atoms with Gasteiger partial charge in [-0.05, 0) is 36.8 Å². The fourth-order valence-corrected chi connectivity index (χ4v) is 3.04. The number of hydrogen-bond donors (Lipinski definition) is 1. The summed E-state index contributed by atoms with van der Waals surface area (Å²) in [4.78, 5) is 16.3. The highest BCUT2D eigenvalue weighted by Gasteiger charge is 2.17. The number of halogens is 2. The number of hydrogen-bond acceptors (Lipinski definition) is 5. The fraction of sp³-hybridized carbons (Fsp3) is 0.238. The van der Waals surface area contributed by atoms with E-state index >= 15 is 0 Å². The predicted octanol–water partition coefficient (Wildman–Crippen LogP) is 4.16. The summed E-state index contributed by atoms with van der Waals surface area (Å²) in [6.45, 7) is 2.06. The number of aryl methyl sites for hydroxylation is 1. The molecule has 0 saturated carbocycles. The Labute approximate surface area is 165 Å². The number of rotatable bonds is 6. The van der Waals surface area contributed by atoms with E-state index in [1.807, 2.05) is 25.1 Å². The largest absolute Gasteiger partial charge is 0.454 e. The third kappa shape index (κ3) is 4.21. The highest BCUT2D eigenvalue weighted by atomic mass is 19.1. The van der Waals surface area contributed by atoms with E-state index in [1.54, 1.807) is 0 Å². The summed E-state index contributed by atoms with van der Waals surface area (Å²) in [6, 6.07) is 8.51. The first-order valence-corrected chi connectivity index (χ1v) is 9.08. The second-order valence-electron chi connectivity index (χ2n) is 6.64. The lowest BCUT2D eigenvalue weighted by Crippen LogP contribution is -2.26. The minimum absolute atomic E-state index is 0.117. The number of benzene rings is 2. The Hall–Kier alpha value is -3.42. The maximum Gasteiger partial charge on any atom is 0.231 e. The van der Waals surface area contributed by atoms with Gasteiger partial charge in [0.05, 0.1) is 17.8 Å². The highest BCUT2D eigenvalue weighted by Crippen LogP contribution is 2.34. The van der Waals surface area contributed by atoms with E-state index in [0.29, 0.717) is 17.4 Å². The maximum absolute atomic E-state index is 13.8. The van der Waals surface area contributed by atoms with Crippen molar-refractivity contribution in [1.82, 2.24) is 10.3 Å². The van der Waals surface area contributed by atoms with Crippen LogP contribution in [0.15, 0.2) is 47.0 Å². The molecule has 0 aliphatic carbocycles. The molecule has 1 aromatic heterocycles. The molecule has 2 aromatic carbocycles. The Morgan fingerprint density at radius 2 is 2.00 bits per heavy atom. The molecule has 3 aromatic rings. The number of carbonyl (C=O) groups excluding carboxylic acids is 1. The van der Waals surface area contributed by atoms with E-state index in [4.69, 9.17) is 13.9 Å². The van der Waals surface area contributed by atoms with Crippen molar-refractivity contribution in [3.63, 3.8) is 0 Å². The minimum atomic E-state index is -0.733. The lowest BCUT2D eigenvalue weighted by atomic mass is 10.1. The molecule has 1 aliphatic rings. The summed E-state index contributed by atoms with van der Waals surface area (Å²) < 4.78 is 43.0. The quantitative estimate of drug-likeness (QED) is 0.673. The average molecular weight is 400 g/mol. The van der Waals surface area contributed by atoms with Crippen LogP contribution in [0.4, 0.5) is 8.78 Å². The fourth-order valence-electron chi connectivity index (χ4n) is 3.04. The van der Waals surface area contributed by atoms with Gasteiger partial charge in [-0.2, -0.15) is 0 Å². The van der Waals surface area contributed by atoms with Crippen LogP contribution in [0.2, 0.25) is 0 Å². The zero-order valence-corrected chi connectivity index (χ0v) is 15.6. The normalized spacial score (nSPS) is 13.3. The van der Waals surface area contributed by atoms with E-state index in [2.05, 4.69) is 10.3 Å². The van der Waals surface area contributed by atoms with Gasteiger partial charge in [0.25, 0.3) is 0 Å². The van der Waals surface area contributed by atoms with E-state index in [-0.39, 0.29) is 42.9 Å². The Morgan fingerprint density at radius 3 is 2.83 bits per heavy atom. The molecule has 4 rings (SSSR count). The molecule has 0 bridgehead atoms. The van der Waals surface area contributed by atoms with E-state index in [0.717, 1.165) is 17.7 Å². The van der Waals surface area contributed by atoms with Crippen molar-refractivity contribution in [2.24, 2.45) is 0 Å². The van der Waals surface area contributed by atoms with Crippen molar-refractivity contribution in [1.29, 1.82) is 0 Å². The third-order valence-corrected chi connectivity index (χ3v) is 4.59. The molecule has 0 spiro atoms. The smallest absolute Gasteiger partial charge is 0.231 e. The first-order chi connectivity index (χ1) is 14.0. The first kappa shape index (κ1) is 18.9. The highest BCUT2D eigenvalue weighted by molar-refractivity contribution is 5.76. The number of nitrogens with zero attached hydrogens (tertiary/aromatic N) is 1. The van der Waals surface area contributed by atoms with Gasteiger partial charge in [-0.3, -0.25) is 4.79 Å². The SMILES string of the molecule is CC(NC(=O)CCc1ncc(-c2ccc(F)cc2F)o1)c1ccc2c(c1)OCO2. The topological polar surface area (TPSA) is 73.6 Å². The Balaban J connectivity index is 1.33. The lowest BCUT2D eigenvalue weighted by Gasteiger charge is -2.14. The first-order valence-electron chi connectivity index (χ1n) is 9.08. The molecule has 1 amide bonds. The number of fused-ring (bicyclic) bond motifs is 1. The summed E-state index contributed by atoms with van der Waals surface area (Å²) in [5, 5.41) is 2.91. The molecule has 1 aliphatic heterocycles. The van der Waals surface area contributed by atoms with Crippen molar-refractivity contribution < 1.29 is 27.5 Å². The van der Waals surface area contributed by atoms with E-state index in [1.165, 1.54) is 12.3 Å². The van der Waals surface area contributed by atoms with Crippen LogP contribution in [-0.2, 0) is 11.2 Å². The van der Waals surface area contributed by atoms with Gasteiger partial charge in [0, 0.05) is 18.9 Å². The molecule has 0 radical (unpaired) electrons. The van der Waals surface area contributed by atoms with Gasteiger partial charge < -0.3 is 19.2 Å². The summed E-state index contributed by atoms with van der Waals surface area (Å²) in [7, 11) is 0. The summed E-state index contributed by atoms with van der Waals surface area (Å²) in [5.74, 6) is 0.250. The molecule has 1 unspecified atom stereocenters. The number of aromatic nitrogens is 1. The van der Waals surface area contributed by atoms with Crippen molar-refractivity contribution in [2.75, 3.05) is 6.79 Å². The Bertz CT molecular complexity index is 1050. The number of carbonyl (C=O) groups is 1. The molecular formula is C21H18F2N2O4. The second-order valence-corrected chi connectivity index (χ2v) is 6.64. The molecule has 2 heterocycles. The van der Waals surface area contributed by atoms with Crippen molar-refractivity contribution in [3.05, 3.63) is 65.7 Å². The van der Waals surface area contributed by atoms with Crippen LogP contribution in [-0.4, -0.2) is 17.7 Å². The van der Waals surface area contributed by atoms with Crippen LogP contribution in [0.1, 0.15) is 30.8 Å². The number of amides is 1. The summed E-state index contributed by atoms with van der Waals surface area (Å²) >= 11 is 0. The molecule has 0 saturated heterocycles. The number of ether oxygens (including phenoxy) is 2. The van der Waals surface area contributed by atoms with Crippen LogP contribution in [0, 0.1) is 11.6 Å². The zero-order valence-electron chi connectivity index (χ0n) is 15.6. The van der Waals surface area contributed by atoms with Gasteiger partial charge in [0.2, 0.25) is 12.7 Å². The van der Waals surface area contributed by atoms with Crippen LogP contribution in [0.3, 0.4) is 0 Å². The van der Waals surface area contributed by atoms with Crippen molar-refractivity contribution >= 4 is 5.91 Å². The zero-order chi connectivity index (χ0) is 20.4. The van der Waals surface area contributed by atoms with Gasteiger partial charge in [0.1, 0.15) is 11.6 Å². The van der Waals surface area contributed by atoms with Crippen LogP contribution in [0.5, 0.6) is 11.5 Å². The van der Waals surface area contributed by atoms with Gasteiger partial charge >= 0.3 is 0 Å². The standard InChI is InChI=1S/C21H18F2N2O4/c1-12(13-2-5-17-18(8-13)28-11-27-17)25-20(26)6-7-21-24-10-19(29-21)15-4-3-14(22)9-16(15)23/h2-5,8-10,12H,6-7,11H2,1H3,(H,25,26). The Kier molecular flexibility index (Phi) is 5.16. The molecule has 0 fully saturated rings. The van der Waals surface area contributed by atoms with Crippen LogP contribution < -0.4 is 14.8 Å². The van der Waals surface area contributed by atoms with E-state index < -0.39 is 11.6 Å². The average Bonchev–Trinajstić information content (AvgIpc) is 3.35. The summed E-state index contributed by atoms with van der Waals surface area (Å²) in [6.07, 6.45) is 1.77. The number of oxazole rings is 1. The molecule has 150 valence electrons. The van der Waals surface area contributed by atoms with Gasteiger partial charge in [0.15, 0.2) is 23.1 Å². The van der Waals surface area contributed by atoms with Crippen molar-refractivity contribution in [3.8, 4) is 22.8 Å². The minimum Gasteiger partial charge on any atom is -0.454 e. The summed E-state index contributed by atoms with van der Waals surface area (Å²) in [5.41, 5.74) is 1.01. The van der Waals surface area contributed by atoms with Gasteiger partial charge in [-0.1, -0.05) is 6.07 Å². The Morgan fingerprint density at radius 1 is 1.17 bits per heavy atom.